The fourth-order valence-electron chi connectivity index (χ4n) is 2.33. The predicted octanol–water partition coefficient (Wildman–Crippen LogP) is 3.65. The highest BCUT2D eigenvalue weighted by molar-refractivity contribution is 9.10. The maximum absolute atomic E-state index is 12.0. The number of phenolic OH excluding ortho intramolecular Hbond substituents is 1. The zero-order chi connectivity index (χ0) is 17.1. The second kappa shape index (κ2) is 6.72. The van der Waals surface area contributed by atoms with Crippen LogP contribution in [0, 0.1) is 0 Å². The number of nitrogens with one attached hydrogen (secondary N) is 1. The molecule has 120 valence electrons. The van der Waals surface area contributed by atoms with Crippen LogP contribution in [-0.2, 0) is 0 Å². The van der Waals surface area contributed by atoms with E-state index in [1.807, 2.05) is 36.4 Å². The quantitative estimate of drug-likeness (QED) is 0.279. The molecule has 0 aliphatic rings. The Kier molecular flexibility index (Phi) is 4.48. The molecule has 0 radical (unpaired) electrons. The van der Waals surface area contributed by atoms with Crippen LogP contribution in [-0.4, -0.2) is 17.2 Å². The first-order valence-electron chi connectivity index (χ1n) is 7.15. The van der Waals surface area contributed by atoms with E-state index in [0.29, 0.717) is 5.56 Å². The summed E-state index contributed by atoms with van der Waals surface area (Å²) in [6.07, 6.45) is 1.59. The van der Waals surface area contributed by atoms with E-state index in [0.717, 1.165) is 20.8 Å². The molecule has 0 unspecified atom stereocenters. The lowest BCUT2D eigenvalue weighted by Gasteiger charge is -2.05. The molecule has 0 bridgehead atoms. The van der Waals surface area contributed by atoms with E-state index in [2.05, 4.69) is 26.5 Å². The molecule has 4 N–H and O–H groups in total. The van der Waals surface area contributed by atoms with E-state index in [1.165, 1.54) is 18.2 Å². The Hall–Kier alpha value is -2.86. The van der Waals surface area contributed by atoms with Gasteiger partial charge < -0.3 is 10.8 Å². The van der Waals surface area contributed by atoms with Gasteiger partial charge in [0.2, 0.25) is 0 Å². The molecule has 5 nitrogen and oxygen atoms in total. The van der Waals surface area contributed by atoms with Crippen LogP contribution in [0.3, 0.4) is 0 Å². The van der Waals surface area contributed by atoms with Crippen molar-refractivity contribution in [1.29, 1.82) is 0 Å². The molecule has 0 saturated carbocycles. The Bertz CT molecular complexity index is 954. The molecular formula is C18H14BrN3O2. The smallest absolute Gasteiger partial charge is 0.271 e. The zero-order valence-corrected chi connectivity index (χ0v) is 14.1. The number of hydrogen-bond acceptors (Lipinski definition) is 4. The number of rotatable bonds is 3. The van der Waals surface area contributed by atoms with Gasteiger partial charge in [-0.1, -0.05) is 46.3 Å². The number of nitrogens with two attached hydrogens (primary N) is 1. The van der Waals surface area contributed by atoms with Gasteiger partial charge in [0.05, 0.1) is 11.9 Å². The average molecular weight is 384 g/mol. The molecule has 3 aromatic rings. The summed E-state index contributed by atoms with van der Waals surface area (Å²) in [6, 6.07) is 16.0. The first-order valence-corrected chi connectivity index (χ1v) is 7.94. The number of hydrazone groups is 1. The predicted molar refractivity (Wildman–Crippen MR) is 99.2 cm³/mol. The van der Waals surface area contributed by atoms with E-state index < -0.39 is 5.91 Å². The monoisotopic (exact) mass is 383 g/mol. The van der Waals surface area contributed by atoms with Crippen molar-refractivity contribution < 1.29 is 9.90 Å². The van der Waals surface area contributed by atoms with Crippen molar-refractivity contribution in [2.24, 2.45) is 5.10 Å². The number of benzene rings is 3. The Balaban J connectivity index is 1.80. The van der Waals surface area contributed by atoms with Crippen molar-refractivity contribution in [2.45, 2.75) is 0 Å². The second-order valence-corrected chi connectivity index (χ2v) is 6.01. The number of anilines is 1. The minimum atomic E-state index is -0.403. The Morgan fingerprint density at radius 1 is 1.12 bits per heavy atom. The molecule has 3 rings (SSSR count). The first-order chi connectivity index (χ1) is 11.6. The van der Waals surface area contributed by atoms with Crippen molar-refractivity contribution in [1.82, 2.24) is 5.43 Å². The van der Waals surface area contributed by atoms with Crippen molar-refractivity contribution >= 4 is 44.5 Å². The van der Waals surface area contributed by atoms with Crippen LogP contribution in [0.2, 0.25) is 0 Å². The molecule has 1 amide bonds. The average Bonchev–Trinajstić information content (AvgIpc) is 2.58. The molecule has 0 fully saturated rings. The lowest BCUT2D eigenvalue weighted by Crippen LogP contribution is -2.17. The van der Waals surface area contributed by atoms with Crippen LogP contribution >= 0.6 is 15.9 Å². The van der Waals surface area contributed by atoms with Gasteiger partial charge in [-0.25, -0.2) is 5.43 Å². The number of amides is 1. The number of aromatic hydroxyl groups is 1. The largest absolute Gasteiger partial charge is 0.506 e. The van der Waals surface area contributed by atoms with Gasteiger partial charge in [-0.2, -0.15) is 5.10 Å². The number of carbonyl (C=O) groups excluding carboxylic acids is 1. The van der Waals surface area contributed by atoms with Crippen LogP contribution in [0.25, 0.3) is 10.8 Å². The van der Waals surface area contributed by atoms with Gasteiger partial charge in [0.25, 0.3) is 5.91 Å². The van der Waals surface area contributed by atoms with Gasteiger partial charge in [0, 0.05) is 15.6 Å². The van der Waals surface area contributed by atoms with Crippen molar-refractivity contribution in [2.75, 3.05) is 5.73 Å². The molecule has 0 aromatic heterocycles. The lowest BCUT2D eigenvalue weighted by molar-refractivity contribution is 0.0955. The highest BCUT2D eigenvalue weighted by Crippen LogP contribution is 2.25. The van der Waals surface area contributed by atoms with E-state index >= 15 is 0 Å². The molecule has 0 aliphatic heterocycles. The fourth-order valence-corrected chi connectivity index (χ4v) is 2.83. The van der Waals surface area contributed by atoms with Gasteiger partial charge >= 0.3 is 0 Å². The third-order valence-electron chi connectivity index (χ3n) is 3.56. The maximum Gasteiger partial charge on any atom is 0.271 e. The Morgan fingerprint density at radius 2 is 1.88 bits per heavy atom. The van der Waals surface area contributed by atoms with Crippen LogP contribution in [0.1, 0.15) is 15.9 Å². The Labute approximate surface area is 146 Å². The van der Waals surface area contributed by atoms with E-state index in [4.69, 9.17) is 5.73 Å². The van der Waals surface area contributed by atoms with Crippen LogP contribution < -0.4 is 11.2 Å². The lowest BCUT2D eigenvalue weighted by atomic mass is 10.1. The Morgan fingerprint density at radius 3 is 2.67 bits per heavy atom. The van der Waals surface area contributed by atoms with E-state index in [1.54, 1.807) is 6.21 Å². The van der Waals surface area contributed by atoms with Crippen molar-refractivity contribution in [3.05, 3.63) is 70.2 Å². The summed E-state index contributed by atoms with van der Waals surface area (Å²) >= 11 is 3.52. The van der Waals surface area contributed by atoms with Crippen molar-refractivity contribution in [3.63, 3.8) is 0 Å². The second-order valence-electron chi connectivity index (χ2n) is 5.15. The summed E-state index contributed by atoms with van der Waals surface area (Å²) in [5.41, 5.74) is 9.39. The molecular weight excluding hydrogens is 370 g/mol. The maximum atomic E-state index is 12.0. The molecule has 3 aromatic carbocycles. The number of halogens is 1. The summed E-state index contributed by atoms with van der Waals surface area (Å²) in [5.74, 6) is -0.462. The number of carbonyl (C=O) groups is 1. The summed E-state index contributed by atoms with van der Waals surface area (Å²) < 4.78 is 0.999. The SMILES string of the molecule is Nc1cc(C(=O)N/N=C/c2cccc3c(Br)cccc23)ccc1O. The van der Waals surface area contributed by atoms with Gasteiger partial charge in [0.15, 0.2) is 0 Å². The number of nitrogens with zero attached hydrogens (tertiary/aromatic N) is 1. The first kappa shape index (κ1) is 16.0. The number of nitrogen functional groups attached to an aromatic ring is 1. The highest BCUT2D eigenvalue weighted by atomic mass is 79.9. The van der Waals surface area contributed by atoms with E-state index in [9.17, 15) is 9.90 Å². The van der Waals surface area contributed by atoms with Crippen LogP contribution in [0.4, 0.5) is 5.69 Å². The molecule has 0 atom stereocenters. The van der Waals surface area contributed by atoms with Gasteiger partial charge in [-0.05, 0) is 35.0 Å². The van der Waals surface area contributed by atoms with Gasteiger partial charge in [0.1, 0.15) is 5.75 Å². The van der Waals surface area contributed by atoms with Gasteiger partial charge in [-0.3, -0.25) is 4.79 Å². The molecule has 24 heavy (non-hydrogen) atoms. The molecule has 6 heteroatoms. The standard InChI is InChI=1S/C18H14BrN3O2/c19-15-6-2-4-13-12(3-1-5-14(13)15)10-21-22-18(24)11-7-8-17(23)16(20)9-11/h1-10,23H,20H2,(H,22,24)/b21-10+. The minimum absolute atomic E-state index is 0.0589. The third kappa shape index (κ3) is 3.23. The molecule has 0 aliphatic carbocycles. The third-order valence-corrected chi connectivity index (χ3v) is 4.25. The summed E-state index contributed by atoms with van der Waals surface area (Å²) in [5, 5.41) is 15.5. The van der Waals surface area contributed by atoms with Crippen LogP contribution in [0.15, 0.2) is 64.2 Å². The van der Waals surface area contributed by atoms with Gasteiger partial charge in [-0.15, -0.1) is 0 Å². The molecule has 0 spiro atoms. The van der Waals surface area contributed by atoms with E-state index in [-0.39, 0.29) is 11.4 Å². The fraction of sp³-hybridized carbons (Fsp3) is 0. The number of fused-ring (bicyclic) bond motifs is 1. The highest BCUT2D eigenvalue weighted by Gasteiger charge is 2.07. The minimum Gasteiger partial charge on any atom is -0.506 e. The normalized spacial score (nSPS) is 11.0. The summed E-state index contributed by atoms with van der Waals surface area (Å²) in [6.45, 7) is 0. The summed E-state index contributed by atoms with van der Waals surface area (Å²) in [7, 11) is 0. The molecule has 0 heterocycles. The number of hydrogen-bond donors (Lipinski definition) is 3. The molecule has 0 saturated heterocycles. The number of phenols is 1. The van der Waals surface area contributed by atoms with Crippen LogP contribution in [0.5, 0.6) is 5.75 Å². The van der Waals surface area contributed by atoms with Crippen molar-refractivity contribution in [3.8, 4) is 5.75 Å². The topological polar surface area (TPSA) is 87.7 Å². The zero-order valence-electron chi connectivity index (χ0n) is 12.5. The summed E-state index contributed by atoms with van der Waals surface area (Å²) in [4.78, 5) is 12.0.